The number of carbonyl (C=O) groups is 1. The van der Waals surface area contributed by atoms with Crippen LogP contribution in [0.15, 0.2) is 18.5 Å². The molecule has 2 N–H and O–H groups in total. The van der Waals surface area contributed by atoms with Gasteiger partial charge < -0.3 is 20.1 Å². The minimum atomic E-state index is -0.627. The zero-order chi connectivity index (χ0) is 19.6. The summed E-state index contributed by atoms with van der Waals surface area (Å²) in [5, 5.41) is 16.9. The van der Waals surface area contributed by atoms with Crippen molar-refractivity contribution in [1.29, 1.82) is 0 Å². The topological polar surface area (TPSA) is 92.5 Å². The van der Waals surface area contributed by atoms with E-state index in [0.717, 1.165) is 11.1 Å². The molecule has 1 amide bonds. The quantitative estimate of drug-likeness (QED) is 0.788. The predicted octanol–water partition coefficient (Wildman–Crippen LogP) is 1.12. The maximum Gasteiger partial charge on any atom is 0.270 e. The molecule has 0 radical (unpaired) electrons. The Balaban J connectivity index is 1.95. The van der Waals surface area contributed by atoms with E-state index in [0.29, 0.717) is 43.3 Å². The molecule has 1 aliphatic heterocycles. The van der Waals surface area contributed by atoms with Crippen LogP contribution in [0.5, 0.6) is 5.75 Å². The van der Waals surface area contributed by atoms with Crippen molar-refractivity contribution < 1.29 is 14.6 Å². The van der Waals surface area contributed by atoms with Gasteiger partial charge in [-0.3, -0.25) is 9.48 Å². The first kappa shape index (κ1) is 19.2. The Bertz CT molecular complexity index is 818. The zero-order valence-electron chi connectivity index (χ0n) is 16.3. The summed E-state index contributed by atoms with van der Waals surface area (Å²) in [4.78, 5) is 19.3. The Morgan fingerprint density at radius 2 is 2.22 bits per heavy atom. The maximum atomic E-state index is 12.8. The summed E-state index contributed by atoms with van der Waals surface area (Å²) in [6.45, 7) is 4.89. The molecule has 3 rings (SSSR count). The number of nitrogens with one attached hydrogen (secondary N) is 1. The molecule has 2 unspecified atom stereocenters. The largest absolute Gasteiger partial charge is 0.488 e. The summed E-state index contributed by atoms with van der Waals surface area (Å²) >= 11 is 0. The first-order valence-electron chi connectivity index (χ1n) is 9.23. The molecule has 2 atom stereocenters. The van der Waals surface area contributed by atoms with Crippen LogP contribution in [-0.4, -0.2) is 58.1 Å². The van der Waals surface area contributed by atoms with Crippen LogP contribution in [0.25, 0.3) is 0 Å². The van der Waals surface area contributed by atoms with Crippen LogP contribution < -0.4 is 15.0 Å². The third-order valence-electron chi connectivity index (χ3n) is 4.79. The minimum Gasteiger partial charge on any atom is -0.488 e. The maximum absolute atomic E-state index is 12.8. The lowest BCUT2D eigenvalue weighted by Crippen LogP contribution is -2.42. The first-order valence-corrected chi connectivity index (χ1v) is 9.23. The summed E-state index contributed by atoms with van der Waals surface area (Å²) in [6, 6.07) is 1.46. The summed E-state index contributed by atoms with van der Waals surface area (Å²) in [6.07, 6.45) is 4.36. The Labute approximate surface area is 159 Å². The first-order chi connectivity index (χ1) is 12.9. The zero-order valence-corrected chi connectivity index (χ0v) is 16.3. The second-order valence-corrected chi connectivity index (χ2v) is 7.02. The Hall–Kier alpha value is -2.61. The van der Waals surface area contributed by atoms with Gasteiger partial charge in [0.1, 0.15) is 12.3 Å². The van der Waals surface area contributed by atoms with Crippen LogP contribution >= 0.6 is 0 Å². The minimum absolute atomic E-state index is 0.294. The van der Waals surface area contributed by atoms with Crippen molar-refractivity contribution in [1.82, 2.24) is 20.1 Å². The van der Waals surface area contributed by atoms with Gasteiger partial charge in [0.2, 0.25) is 0 Å². The molecule has 0 aromatic carbocycles. The van der Waals surface area contributed by atoms with Crippen LogP contribution in [0.3, 0.4) is 0 Å². The van der Waals surface area contributed by atoms with E-state index in [1.807, 2.05) is 32.1 Å². The lowest BCUT2D eigenvalue weighted by molar-refractivity contribution is 0.0850. The second-order valence-electron chi connectivity index (χ2n) is 7.02. The third-order valence-corrected chi connectivity index (χ3v) is 4.79. The lowest BCUT2D eigenvalue weighted by atomic mass is 10.0. The third kappa shape index (κ3) is 4.21. The van der Waals surface area contributed by atoms with Crippen LogP contribution in [0.2, 0.25) is 0 Å². The molecule has 0 fully saturated rings. The van der Waals surface area contributed by atoms with E-state index >= 15 is 0 Å². The standard InChI is InChI=1S/C19H27N5O3/c1-5-15(12(2)25)22-19(26)16-9-14(8-13-10-20-24(4)11-13)17-18(21-16)23(3)6-7-27-17/h9-12,15,25H,5-8H2,1-4H3,(H,22,26). The fourth-order valence-corrected chi connectivity index (χ4v) is 3.21. The Morgan fingerprint density at radius 1 is 1.44 bits per heavy atom. The molecule has 27 heavy (non-hydrogen) atoms. The van der Waals surface area contributed by atoms with E-state index in [-0.39, 0.29) is 11.9 Å². The van der Waals surface area contributed by atoms with Crippen LogP contribution in [0.1, 0.15) is 41.9 Å². The fraction of sp³-hybridized carbons (Fsp3) is 0.526. The second kappa shape index (κ2) is 7.96. The number of aliphatic hydroxyl groups is 1. The van der Waals surface area contributed by atoms with Crippen molar-refractivity contribution in [2.45, 2.75) is 38.8 Å². The van der Waals surface area contributed by atoms with E-state index < -0.39 is 6.10 Å². The van der Waals surface area contributed by atoms with Gasteiger partial charge in [0.15, 0.2) is 11.6 Å². The van der Waals surface area contributed by atoms with Crippen molar-refractivity contribution >= 4 is 11.7 Å². The number of anilines is 1. The number of carbonyl (C=O) groups excluding carboxylic acids is 1. The number of aryl methyl sites for hydroxylation is 1. The van der Waals surface area contributed by atoms with Gasteiger partial charge in [-0.1, -0.05) is 6.92 Å². The van der Waals surface area contributed by atoms with E-state index in [1.54, 1.807) is 23.9 Å². The normalized spacial score (nSPS) is 15.7. The Kier molecular flexibility index (Phi) is 5.65. The number of ether oxygens (including phenoxy) is 1. The molecule has 3 heterocycles. The van der Waals surface area contributed by atoms with Gasteiger partial charge in [0.05, 0.1) is 24.9 Å². The number of aromatic nitrogens is 3. The van der Waals surface area contributed by atoms with Crippen molar-refractivity contribution in [3.8, 4) is 5.75 Å². The van der Waals surface area contributed by atoms with Gasteiger partial charge in [0.25, 0.3) is 5.91 Å². The number of likely N-dealkylation sites (N-methyl/N-ethyl adjacent to an activating group) is 1. The van der Waals surface area contributed by atoms with Crippen molar-refractivity contribution in [2.24, 2.45) is 7.05 Å². The van der Waals surface area contributed by atoms with Crippen LogP contribution in [0.4, 0.5) is 5.82 Å². The molecule has 2 aromatic heterocycles. The molecular weight excluding hydrogens is 346 g/mol. The molecule has 8 heteroatoms. The van der Waals surface area contributed by atoms with Crippen LogP contribution in [-0.2, 0) is 13.5 Å². The summed E-state index contributed by atoms with van der Waals surface area (Å²) < 4.78 is 7.62. The summed E-state index contributed by atoms with van der Waals surface area (Å²) in [5.41, 5.74) is 2.25. The summed E-state index contributed by atoms with van der Waals surface area (Å²) in [7, 11) is 3.81. The predicted molar refractivity (Wildman–Crippen MR) is 102 cm³/mol. The number of hydrogen-bond donors (Lipinski definition) is 2. The number of hydrogen-bond acceptors (Lipinski definition) is 6. The lowest BCUT2D eigenvalue weighted by Gasteiger charge is -2.29. The molecule has 1 aliphatic rings. The van der Waals surface area contributed by atoms with Crippen molar-refractivity contribution in [3.63, 3.8) is 0 Å². The fourth-order valence-electron chi connectivity index (χ4n) is 3.21. The molecule has 0 saturated heterocycles. The van der Waals surface area contributed by atoms with Crippen molar-refractivity contribution in [2.75, 3.05) is 25.1 Å². The van der Waals surface area contributed by atoms with E-state index in [4.69, 9.17) is 4.74 Å². The Morgan fingerprint density at radius 3 is 2.85 bits per heavy atom. The number of pyridine rings is 1. The molecular formula is C19H27N5O3. The van der Waals surface area contributed by atoms with E-state index in [2.05, 4.69) is 15.4 Å². The van der Waals surface area contributed by atoms with Gasteiger partial charge in [-0.25, -0.2) is 4.98 Å². The number of fused-ring (bicyclic) bond motifs is 1. The monoisotopic (exact) mass is 373 g/mol. The van der Waals surface area contributed by atoms with Gasteiger partial charge in [-0.15, -0.1) is 0 Å². The molecule has 0 bridgehead atoms. The molecule has 0 saturated carbocycles. The van der Waals surface area contributed by atoms with Gasteiger partial charge >= 0.3 is 0 Å². The average Bonchev–Trinajstić information content (AvgIpc) is 3.04. The summed E-state index contributed by atoms with van der Waals surface area (Å²) in [5.74, 6) is 1.08. The number of rotatable bonds is 6. The molecule has 0 spiro atoms. The van der Waals surface area contributed by atoms with Gasteiger partial charge in [-0.2, -0.15) is 5.10 Å². The highest BCUT2D eigenvalue weighted by atomic mass is 16.5. The van der Waals surface area contributed by atoms with Crippen molar-refractivity contribution in [3.05, 3.63) is 35.3 Å². The number of aliphatic hydroxyl groups excluding tert-OH is 1. The molecule has 8 nitrogen and oxygen atoms in total. The molecule has 146 valence electrons. The molecule has 0 aliphatic carbocycles. The van der Waals surface area contributed by atoms with Crippen LogP contribution in [0, 0.1) is 0 Å². The number of nitrogens with zero attached hydrogens (tertiary/aromatic N) is 4. The average molecular weight is 373 g/mol. The van der Waals surface area contributed by atoms with E-state index in [9.17, 15) is 9.90 Å². The SMILES string of the molecule is CCC(NC(=O)c1cc(Cc2cnn(C)c2)c2c(n1)N(C)CCO2)C(C)O. The van der Waals surface area contributed by atoms with E-state index in [1.165, 1.54) is 0 Å². The highest BCUT2D eigenvalue weighted by molar-refractivity contribution is 5.93. The highest BCUT2D eigenvalue weighted by Crippen LogP contribution is 2.34. The van der Waals surface area contributed by atoms with Gasteiger partial charge in [0, 0.05) is 32.3 Å². The number of amides is 1. The smallest absolute Gasteiger partial charge is 0.270 e. The highest BCUT2D eigenvalue weighted by Gasteiger charge is 2.25. The molecule has 2 aromatic rings. The van der Waals surface area contributed by atoms with Gasteiger partial charge in [-0.05, 0) is 25.0 Å².